The molecule has 3 N–H and O–H groups in total. The third-order valence-corrected chi connectivity index (χ3v) is 4.41. The first kappa shape index (κ1) is 13.0. The van der Waals surface area contributed by atoms with Gasteiger partial charge in [-0.2, -0.15) is 0 Å². The van der Waals surface area contributed by atoms with E-state index in [9.17, 15) is 0 Å². The molecule has 0 spiro atoms. The highest BCUT2D eigenvalue weighted by atomic mass is 32.2. The van der Waals surface area contributed by atoms with Crippen LogP contribution in [0.5, 0.6) is 0 Å². The standard InChI is InChI=1S/C13H14N6S/c1-8(14)11(9-3-2-4-15-5-9)20-13-10-12(17-6-16-10)18-7-19-13/h2-8,11H,14H2,1H3,(H,16,17,18,19). The van der Waals surface area contributed by atoms with E-state index in [4.69, 9.17) is 5.73 Å². The maximum absolute atomic E-state index is 6.12. The molecule has 0 saturated heterocycles. The van der Waals surface area contributed by atoms with E-state index >= 15 is 0 Å². The molecular weight excluding hydrogens is 272 g/mol. The van der Waals surface area contributed by atoms with Crippen molar-refractivity contribution in [2.45, 2.75) is 23.2 Å². The van der Waals surface area contributed by atoms with E-state index in [2.05, 4.69) is 24.9 Å². The van der Waals surface area contributed by atoms with Crippen LogP contribution in [0.4, 0.5) is 0 Å². The zero-order valence-corrected chi connectivity index (χ0v) is 11.7. The molecule has 0 aromatic carbocycles. The smallest absolute Gasteiger partial charge is 0.181 e. The second-order valence-electron chi connectivity index (χ2n) is 4.46. The van der Waals surface area contributed by atoms with Gasteiger partial charge in [0.05, 0.1) is 11.6 Å². The molecule has 3 rings (SSSR count). The monoisotopic (exact) mass is 286 g/mol. The van der Waals surface area contributed by atoms with Crippen LogP contribution in [0.15, 0.2) is 42.2 Å². The number of fused-ring (bicyclic) bond motifs is 1. The molecule has 0 saturated carbocycles. The van der Waals surface area contributed by atoms with Gasteiger partial charge in [-0.05, 0) is 18.6 Å². The molecule has 6 nitrogen and oxygen atoms in total. The molecule has 0 radical (unpaired) electrons. The lowest BCUT2D eigenvalue weighted by molar-refractivity contribution is 0.718. The van der Waals surface area contributed by atoms with Crippen LogP contribution in [-0.2, 0) is 0 Å². The number of hydrogen-bond acceptors (Lipinski definition) is 6. The average molecular weight is 286 g/mol. The Kier molecular flexibility index (Phi) is 3.62. The third-order valence-electron chi connectivity index (χ3n) is 2.92. The zero-order chi connectivity index (χ0) is 13.9. The van der Waals surface area contributed by atoms with Gasteiger partial charge in [0, 0.05) is 18.4 Å². The largest absolute Gasteiger partial charge is 0.341 e. The number of imidazole rings is 1. The Balaban J connectivity index is 1.96. The third kappa shape index (κ3) is 2.50. The minimum Gasteiger partial charge on any atom is -0.341 e. The molecule has 102 valence electrons. The number of rotatable bonds is 4. The number of pyridine rings is 1. The van der Waals surface area contributed by atoms with Crippen molar-refractivity contribution >= 4 is 22.9 Å². The Morgan fingerprint density at radius 1 is 1.30 bits per heavy atom. The summed E-state index contributed by atoms with van der Waals surface area (Å²) >= 11 is 1.60. The highest BCUT2D eigenvalue weighted by Gasteiger charge is 2.20. The Labute approximate surface area is 120 Å². The molecule has 7 heteroatoms. The highest BCUT2D eigenvalue weighted by molar-refractivity contribution is 7.99. The molecule has 3 aromatic rings. The maximum atomic E-state index is 6.12. The van der Waals surface area contributed by atoms with Crippen LogP contribution in [0.3, 0.4) is 0 Å². The van der Waals surface area contributed by atoms with Gasteiger partial charge in [-0.25, -0.2) is 15.0 Å². The highest BCUT2D eigenvalue weighted by Crippen LogP contribution is 2.37. The fourth-order valence-electron chi connectivity index (χ4n) is 1.98. The summed E-state index contributed by atoms with van der Waals surface area (Å²) in [5.41, 5.74) is 8.70. The summed E-state index contributed by atoms with van der Waals surface area (Å²) in [5.74, 6) is 0. The zero-order valence-electron chi connectivity index (χ0n) is 10.9. The molecule has 0 fully saturated rings. The van der Waals surface area contributed by atoms with Crippen LogP contribution in [0, 0.1) is 0 Å². The normalized spacial score (nSPS) is 14.3. The number of hydrogen-bond donors (Lipinski definition) is 2. The van der Waals surface area contributed by atoms with Crippen molar-refractivity contribution < 1.29 is 0 Å². The first-order valence-electron chi connectivity index (χ1n) is 6.22. The number of thioether (sulfide) groups is 1. The molecule has 0 amide bonds. The summed E-state index contributed by atoms with van der Waals surface area (Å²) in [7, 11) is 0. The summed E-state index contributed by atoms with van der Waals surface area (Å²) in [6.45, 7) is 1.98. The van der Waals surface area contributed by atoms with E-state index in [0.717, 1.165) is 16.1 Å². The van der Waals surface area contributed by atoms with E-state index in [-0.39, 0.29) is 11.3 Å². The van der Waals surface area contributed by atoms with Gasteiger partial charge in [0.2, 0.25) is 0 Å². The fourth-order valence-corrected chi connectivity index (χ4v) is 3.08. The first-order valence-corrected chi connectivity index (χ1v) is 7.10. The molecule has 0 aliphatic heterocycles. The van der Waals surface area contributed by atoms with Crippen LogP contribution in [-0.4, -0.2) is 31.0 Å². The van der Waals surface area contributed by atoms with Crippen molar-refractivity contribution in [1.29, 1.82) is 0 Å². The Hall–Kier alpha value is -1.99. The Morgan fingerprint density at radius 2 is 2.20 bits per heavy atom. The topological polar surface area (TPSA) is 93.4 Å². The van der Waals surface area contributed by atoms with Gasteiger partial charge in [-0.3, -0.25) is 4.98 Å². The Bertz CT molecular complexity index is 696. The summed E-state index contributed by atoms with van der Waals surface area (Å²) in [6.07, 6.45) is 6.73. The quantitative estimate of drug-likeness (QED) is 0.562. The van der Waals surface area contributed by atoms with E-state index in [0.29, 0.717) is 5.65 Å². The molecule has 2 atom stereocenters. The van der Waals surface area contributed by atoms with E-state index in [1.165, 1.54) is 6.33 Å². The van der Waals surface area contributed by atoms with Gasteiger partial charge in [-0.15, -0.1) is 0 Å². The van der Waals surface area contributed by atoms with E-state index < -0.39 is 0 Å². The van der Waals surface area contributed by atoms with Gasteiger partial charge in [-0.1, -0.05) is 17.8 Å². The molecule has 3 aromatic heterocycles. The molecule has 0 aliphatic rings. The van der Waals surface area contributed by atoms with Crippen molar-refractivity contribution in [2.75, 3.05) is 0 Å². The maximum Gasteiger partial charge on any atom is 0.181 e. The van der Waals surface area contributed by atoms with Gasteiger partial charge >= 0.3 is 0 Å². The summed E-state index contributed by atoms with van der Waals surface area (Å²) in [5, 5.41) is 0.920. The van der Waals surface area contributed by atoms with Gasteiger partial charge < -0.3 is 10.7 Å². The van der Waals surface area contributed by atoms with E-state index in [1.807, 2.05) is 25.3 Å². The predicted octanol–water partition coefficient (Wildman–Crippen LogP) is 1.93. The Morgan fingerprint density at radius 3 is 2.95 bits per heavy atom. The number of nitrogens with two attached hydrogens (primary N) is 1. The van der Waals surface area contributed by atoms with Crippen LogP contribution in [0.1, 0.15) is 17.7 Å². The number of H-pyrrole nitrogens is 1. The number of nitrogens with zero attached hydrogens (tertiary/aromatic N) is 4. The van der Waals surface area contributed by atoms with Gasteiger partial charge in [0.15, 0.2) is 5.65 Å². The molecular formula is C13H14N6S. The molecule has 0 bridgehead atoms. The van der Waals surface area contributed by atoms with E-state index in [1.54, 1.807) is 24.3 Å². The van der Waals surface area contributed by atoms with Gasteiger partial charge in [0.1, 0.15) is 16.9 Å². The predicted molar refractivity (Wildman–Crippen MR) is 78.2 cm³/mol. The molecule has 3 heterocycles. The van der Waals surface area contributed by atoms with Crippen LogP contribution < -0.4 is 5.73 Å². The molecule has 20 heavy (non-hydrogen) atoms. The molecule has 0 aliphatic carbocycles. The van der Waals surface area contributed by atoms with Crippen molar-refractivity contribution in [1.82, 2.24) is 24.9 Å². The summed E-state index contributed by atoms with van der Waals surface area (Å²) in [4.78, 5) is 19.8. The van der Waals surface area contributed by atoms with Crippen LogP contribution in [0.25, 0.3) is 11.2 Å². The van der Waals surface area contributed by atoms with Crippen LogP contribution >= 0.6 is 11.8 Å². The van der Waals surface area contributed by atoms with Crippen molar-refractivity contribution in [3.63, 3.8) is 0 Å². The van der Waals surface area contributed by atoms with Crippen molar-refractivity contribution in [3.05, 3.63) is 42.7 Å². The van der Waals surface area contributed by atoms with Crippen molar-refractivity contribution in [2.24, 2.45) is 5.73 Å². The minimum absolute atomic E-state index is 0.0304. The first-order chi connectivity index (χ1) is 9.75. The number of nitrogens with one attached hydrogen (secondary N) is 1. The second kappa shape index (κ2) is 5.56. The summed E-state index contributed by atoms with van der Waals surface area (Å²) in [6, 6.07) is 3.91. The summed E-state index contributed by atoms with van der Waals surface area (Å²) < 4.78 is 0. The SMILES string of the molecule is CC(N)C(Sc1ncnc2nc[nH]c12)c1cccnc1. The second-order valence-corrected chi connectivity index (χ2v) is 5.59. The van der Waals surface area contributed by atoms with Gasteiger partial charge in [0.25, 0.3) is 0 Å². The van der Waals surface area contributed by atoms with Crippen LogP contribution in [0.2, 0.25) is 0 Å². The minimum atomic E-state index is -0.0304. The number of aromatic nitrogens is 5. The number of aromatic amines is 1. The lowest BCUT2D eigenvalue weighted by Crippen LogP contribution is -2.22. The molecule has 2 unspecified atom stereocenters. The lowest BCUT2D eigenvalue weighted by Gasteiger charge is -2.19. The average Bonchev–Trinajstić information content (AvgIpc) is 2.94. The fraction of sp³-hybridized carbons (Fsp3) is 0.231. The lowest BCUT2D eigenvalue weighted by atomic mass is 10.1. The van der Waals surface area contributed by atoms with Crippen molar-refractivity contribution in [3.8, 4) is 0 Å².